The van der Waals surface area contributed by atoms with E-state index in [0.717, 1.165) is 11.1 Å². The van der Waals surface area contributed by atoms with Crippen LogP contribution in [0.5, 0.6) is 0 Å². The van der Waals surface area contributed by atoms with Gasteiger partial charge in [0.05, 0.1) is 12.6 Å². The number of hydrogen-bond donors (Lipinski definition) is 3. The van der Waals surface area contributed by atoms with E-state index >= 15 is 0 Å². The summed E-state index contributed by atoms with van der Waals surface area (Å²) in [7, 11) is 0. The maximum absolute atomic E-state index is 12.4. The van der Waals surface area contributed by atoms with Gasteiger partial charge in [0.25, 0.3) is 0 Å². The van der Waals surface area contributed by atoms with Crippen LogP contribution in [0.2, 0.25) is 0 Å². The van der Waals surface area contributed by atoms with Gasteiger partial charge in [0.15, 0.2) is 5.78 Å². The third-order valence-electron chi connectivity index (χ3n) is 4.01. The SMILES string of the molecule is CC(C)(C)OC(=O)NCc1ccc(C[C@H](NC(=O)O)C(=O)[C@]2(C)CO2)cc1. The molecule has 1 aliphatic rings. The summed E-state index contributed by atoms with van der Waals surface area (Å²) in [4.78, 5) is 35.1. The number of nitrogens with one attached hydrogen (secondary N) is 2. The minimum absolute atomic E-state index is 0.226. The van der Waals surface area contributed by atoms with Gasteiger partial charge in [0.2, 0.25) is 0 Å². The van der Waals surface area contributed by atoms with E-state index in [2.05, 4.69) is 10.6 Å². The average molecular weight is 378 g/mol. The Kier molecular flexibility index (Phi) is 6.10. The van der Waals surface area contributed by atoms with Gasteiger partial charge < -0.3 is 25.2 Å². The Morgan fingerprint density at radius 2 is 1.78 bits per heavy atom. The molecule has 0 saturated carbocycles. The summed E-state index contributed by atoms with van der Waals surface area (Å²) in [6, 6.07) is 6.34. The first-order valence-electron chi connectivity index (χ1n) is 8.71. The highest BCUT2D eigenvalue weighted by Crippen LogP contribution is 2.29. The molecule has 2 rings (SSSR count). The summed E-state index contributed by atoms with van der Waals surface area (Å²) < 4.78 is 10.3. The zero-order valence-electron chi connectivity index (χ0n) is 16.0. The topological polar surface area (TPSA) is 117 Å². The van der Waals surface area contributed by atoms with E-state index in [4.69, 9.17) is 14.6 Å². The Morgan fingerprint density at radius 1 is 1.22 bits per heavy atom. The normalized spacial score (nSPS) is 19.7. The molecule has 1 aromatic carbocycles. The lowest BCUT2D eigenvalue weighted by atomic mass is 9.94. The molecule has 0 unspecified atom stereocenters. The summed E-state index contributed by atoms with van der Waals surface area (Å²) in [6.45, 7) is 7.62. The van der Waals surface area contributed by atoms with Crippen LogP contribution in [0.15, 0.2) is 24.3 Å². The number of carboxylic acid groups (broad SMARTS) is 1. The molecule has 0 aromatic heterocycles. The van der Waals surface area contributed by atoms with Crippen molar-refractivity contribution in [2.24, 2.45) is 0 Å². The van der Waals surface area contributed by atoms with Crippen LogP contribution >= 0.6 is 0 Å². The number of ketones is 1. The van der Waals surface area contributed by atoms with E-state index in [-0.39, 0.29) is 12.2 Å². The number of ether oxygens (including phenoxy) is 2. The lowest BCUT2D eigenvalue weighted by Crippen LogP contribution is -2.46. The Labute approximate surface area is 158 Å². The summed E-state index contributed by atoms with van der Waals surface area (Å²) in [5.74, 6) is -0.277. The monoisotopic (exact) mass is 378 g/mol. The molecule has 8 heteroatoms. The van der Waals surface area contributed by atoms with Crippen molar-refractivity contribution in [1.82, 2.24) is 10.6 Å². The van der Waals surface area contributed by atoms with Gasteiger partial charge in [-0.2, -0.15) is 0 Å². The third-order valence-corrected chi connectivity index (χ3v) is 4.01. The highest BCUT2D eigenvalue weighted by Gasteiger charge is 2.50. The molecule has 2 amide bonds. The lowest BCUT2D eigenvalue weighted by Gasteiger charge is -2.20. The van der Waals surface area contributed by atoms with E-state index in [1.807, 2.05) is 12.1 Å². The number of amides is 2. The Morgan fingerprint density at radius 3 is 2.26 bits per heavy atom. The molecule has 0 spiro atoms. The number of epoxide rings is 1. The second-order valence-corrected chi connectivity index (χ2v) is 7.76. The number of Topliss-reactive ketones (excluding diaryl/α,β-unsaturated/α-hetero) is 1. The number of carbonyl (C=O) groups is 3. The average Bonchev–Trinajstić information content (AvgIpc) is 3.30. The van der Waals surface area contributed by atoms with Crippen molar-refractivity contribution in [3.63, 3.8) is 0 Å². The van der Waals surface area contributed by atoms with Crippen molar-refractivity contribution >= 4 is 18.0 Å². The molecular weight excluding hydrogens is 352 g/mol. The molecule has 0 aliphatic carbocycles. The van der Waals surface area contributed by atoms with Gasteiger partial charge in [-0.1, -0.05) is 24.3 Å². The van der Waals surface area contributed by atoms with Gasteiger partial charge in [-0.15, -0.1) is 0 Å². The maximum Gasteiger partial charge on any atom is 0.407 e. The number of carbonyl (C=O) groups excluding carboxylic acids is 2. The van der Waals surface area contributed by atoms with Crippen molar-refractivity contribution in [1.29, 1.82) is 0 Å². The molecule has 1 saturated heterocycles. The van der Waals surface area contributed by atoms with Gasteiger partial charge in [-0.25, -0.2) is 9.59 Å². The molecule has 3 N–H and O–H groups in total. The first-order valence-corrected chi connectivity index (χ1v) is 8.71. The molecule has 1 aromatic rings. The minimum Gasteiger partial charge on any atom is -0.465 e. The first kappa shape index (κ1) is 20.7. The predicted molar refractivity (Wildman–Crippen MR) is 97.5 cm³/mol. The van der Waals surface area contributed by atoms with Gasteiger partial charge in [-0.3, -0.25) is 4.79 Å². The van der Waals surface area contributed by atoms with Crippen molar-refractivity contribution in [2.45, 2.75) is 57.9 Å². The second kappa shape index (κ2) is 7.96. The largest absolute Gasteiger partial charge is 0.465 e. The molecule has 0 radical (unpaired) electrons. The fourth-order valence-electron chi connectivity index (χ4n) is 2.49. The summed E-state index contributed by atoms with van der Waals surface area (Å²) in [5, 5.41) is 13.9. The number of alkyl carbamates (subject to hydrolysis) is 1. The van der Waals surface area contributed by atoms with E-state index in [0.29, 0.717) is 13.2 Å². The van der Waals surface area contributed by atoms with Crippen molar-refractivity contribution in [3.8, 4) is 0 Å². The van der Waals surface area contributed by atoms with Crippen molar-refractivity contribution in [2.75, 3.05) is 6.61 Å². The zero-order chi connectivity index (χ0) is 20.2. The number of rotatable bonds is 7. The molecule has 0 bridgehead atoms. The Balaban J connectivity index is 1.93. The zero-order valence-corrected chi connectivity index (χ0v) is 16.0. The van der Waals surface area contributed by atoms with Crippen LogP contribution in [0.1, 0.15) is 38.8 Å². The molecule has 1 heterocycles. The van der Waals surface area contributed by atoms with E-state index in [9.17, 15) is 14.4 Å². The lowest BCUT2D eigenvalue weighted by molar-refractivity contribution is -0.125. The highest BCUT2D eigenvalue weighted by molar-refractivity contribution is 5.95. The molecule has 8 nitrogen and oxygen atoms in total. The van der Waals surface area contributed by atoms with Crippen LogP contribution in [0.3, 0.4) is 0 Å². The van der Waals surface area contributed by atoms with Crippen LogP contribution in [0, 0.1) is 0 Å². The Hall–Kier alpha value is -2.61. The van der Waals surface area contributed by atoms with Crippen molar-refractivity contribution < 1.29 is 29.0 Å². The minimum atomic E-state index is -1.25. The quantitative estimate of drug-likeness (QED) is 0.627. The van der Waals surface area contributed by atoms with Gasteiger partial charge >= 0.3 is 12.2 Å². The fourth-order valence-corrected chi connectivity index (χ4v) is 2.49. The molecule has 27 heavy (non-hydrogen) atoms. The molecular formula is C19H26N2O6. The second-order valence-electron chi connectivity index (χ2n) is 7.76. The van der Waals surface area contributed by atoms with E-state index in [1.54, 1.807) is 39.8 Å². The molecule has 2 atom stereocenters. The van der Waals surface area contributed by atoms with Gasteiger partial charge in [0.1, 0.15) is 11.2 Å². The number of hydrogen-bond acceptors (Lipinski definition) is 5. The van der Waals surface area contributed by atoms with Crippen molar-refractivity contribution in [3.05, 3.63) is 35.4 Å². The van der Waals surface area contributed by atoms with E-state index < -0.39 is 29.4 Å². The smallest absolute Gasteiger partial charge is 0.407 e. The van der Waals surface area contributed by atoms with E-state index in [1.165, 1.54) is 0 Å². The van der Waals surface area contributed by atoms with Crippen LogP contribution in [0.4, 0.5) is 9.59 Å². The first-order chi connectivity index (χ1) is 12.5. The fraction of sp³-hybridized carbons (Fsp3) is 0.526. The highest BCUT2D eigenvalue weighted by atomic mass is 16.6. The molecule has 1 fully saturated rings. The molecule has 148 valence electrons. The van der Waals surface area contributed by atoms with Crippen LogP contribution in [-0.2, 0) is 27.2 Å². The predicted octanol–water partition coefficient (Wildman–Crippen LogP) is 2.25. The maximum atomic E-state index is 12.4. The van der Waals surface area contributed by atoms with Gasteiger partial charge in [-0.05, 0) is 45.2 Å². The Bertz CT molecular complexity index is 704. The summed E-state index contributed by atoms with van der Waals surface area (Å²) in [6.07, 6.45) is -1.53. The van der Waals surface area contributed by atoms with Crippen LogP contribution < -0.4 is 10.6 Å². The van der Waals surface area contributed by atoms with Crippen LogP contribution in [-0.4, -0.2) is 46.9 Å². The summed E-state index contributed by atoms with van der Waals surface area (Å²) in [5.41, 5.74) is 0.197. The number of benzene rings is 1. The summed E-state index contributed by atoms with van der Waals surface area (Å²) >= 11 is 0. The standard InChI is InChI=1S/C19H26N2O6/c1-18(2,3)27-17(25)20-10-13-7-5-12(6-8-13)9-14(21-16(23)24)15(22)19(4)11-26-19/h5-8,14,21H,9-11H2,1-4H3,(H,20,25)(H,23,24)/t14-,19-/m0/s1. The van der Waals surface area contributed by atoms with Gasteiger partial charge in [0, 0.05) is 6.54 Å². The van der Waals surface area contributed by atoms with Crippen LogP contribution in [0.25, 0.3) is 0 Å². The molecule has 1 aliphatic heterocycles. The third kappa shape index (κ3) is 6.56.